The molecule has 17 heavy (non-hydrogen) atoms. The molecule has 0 amide bonds. The second kappa shape index (κ2) is 7.07. The highest BCUT2D eigenvalue weighted by Crippen LogP contribution is 2.32. The number of hydrogen-bond acceptors (Lipinski definition) is 3. The Labute approximate surface area is 112 Å². The molecule has 0 radical (unpaired) electrons. The Morgan fingerprint density at radius 3 is 2.71 bits per heavy atom. The van der Waals surface area contributed by atoms with Gasteiger partial charge in [0.05, 0.1) is 11.1 Å². The fraction of sp³-hybridized carbons (Fsp3) is 0.500. The van der Waals surface area contributed by atoms with E-state index in [4.69, 9.17) is 27.9 Å². The van der Waals surface area contributed by atoms with E-state index >= 15 is 0 Å². The van der Waals surface area contributed by atoms with Gasteiger partial charge in [0.2, 0.25) is 0 Å². The van der Waals surface area contributed by atoms with E-state index in [9.17, 15) is 5.11 Å². The summed E-state index contributed by atoms with van der Waals surface area (Å²) in [5.41, 5.74) is 0.894. The summed E-state index contributed by atoms with van der Waals surface area (Å²) in [4.78, 5) is 0. The zero-order valence-electron chi connectivity index (χ0n) is 9.96. The molecule has 1 unspecified atom stereocenters. The van der Waals surface area contributed by atoms with Crippen molar-refractivity contribution in [2.75, 3.05) is 13.2 Å². The van der Waals surface area contributed by atoms with Crippen LogP contribution in [0.15, 0.2) is 12.1 Å². The number of halogens is 2. The Morgan fingerprint density at radius 2 is 2.12 bits per heavy atom. The van der Waals surface area contributed by atoms with Crippen molar-refractivity contribution >= 4 is 23.2 Å². The van der Waals surface area contributed by atoms with Gasteiger partial charge in [-0.25, -0.2) is 0 Å². The van der Waals surface area contributed by atoms with E-state index in [1.54, 1.807) is 13.0 Å². The molecule has 5 heteroatoms. The molecule has 2 N–H and O–H groups in total. The highest BCUT2D eigenvalue weighted by molar-refractivity contribution is 6.35. The van der Waals surface area contributed by atoms with Crippen molar-refractivity contribution in [1.82, 2.24) is 5.32 Å². The van der Waals surface area contributed by atoms with E-state index in [2.05, 4.69) is 5.32 Å². The Kier molecular flexibility index (Phi) is 6.06. The molecule has 3 nitrogen and oxygen atoms in total. The first-order valence-corrected chi connectivity index (χ1v) is 6.29. The van der Waals surface area contributed by atoms with E-state index in [0.29, 0.717) is 22.3 Å². The smallest absolute Gasteiger partial charge is 0.142 e. The summed E-state index contributed by atoms with van der Waals surface area (Å²) in [5.74, 6) is 0.581. The maximum Gasteiger partial charge on any atom is 0.142 e. The van der Waals surface area contributed by atoms with Gasteiger partial charge in [-0.1, -0.05) is 30.1 Å². The molecule has 0 aliphatic rings. The van der Waals surface area contributed by atoms with Gasteiger partial charge in [0.25, 0.3) is 0 Å². The van der Waals surface area contributed by atoms with Crippen LogP contribution in [0.2, 0.25) is 10.0 Å². The lowest BCUT2D eigenvalue weighted by Crippen LogP contribution is -2.16. The van der Waals surface area contributed by atoms with Crippen molar-refractivity contribution in [2.24, 2.45) is 0 Å². The summed E-state index contributed by atoms with van der Waals surface area (Å²) in [6.07, 6.45) is -0.534. The Morgan fingerprint density at radius 1 is 1.41 bits per heavy atom. The summed E-state index contributed by atoms with van der Waals surface area (Å²) < 4.78 is 5.50. The minimum atomic E-state index is -0.534. The molecule has 0 heterocycles. The molecule has 0 saturated heterocycles. The van der Waals surface area contributed by atoms with Crippen LogP contribution in [-0.4, -0.2) is 24.4 Å². The first-order valence-electron chi connectivity index (χ1n) is 5.54. The lowest BCUT2D eigenvalue weighted by atomic mass is 10.2. The quantitative estimate of drug-likeness (QED) is 0.840. The summed E-state index contributed by atoms with van der Waals surface area (Å²) in [6.45, 7) is 5.36. The normalized spacial score (nSPS) is 12.5. The second-order valence-corrected chi connectivity index (χ2v) is 4.66. The summed E-state index contributed by atoms with van der Waals surface area (Å²) >= 11 is 12.0. The van der Waals surface area contributed by atoms with E-state index in [-0.39, 0.29) is 6.61 Å². The predicted octanol–water partition coefficient (Wildman–Crippen LogP) is 2.86. The van der Waals surface area contributed by atoms with Crippen molar-refractivity contribution in [3.8, 4) is 5.75 Å². The predicted molar refractivity (Wildman–Crippen MR) is 71.0 cm³/mol. The van der Waals surface area contributed by atoms with Crippen molar-refractivity contribution in [3.05, 3.63) is 27.7 Å². The van der Waals surface area contributed by atoms with Gasteiger partial charge in [-0.2, -0.15) is 0 Å². The highest BCUT2D eigenvalue weighted by atomic mass is 35.5. The van der Waals surface area contributed by atoms with Crippen LogP contribution in [0.25, 0.3) is 0 Å². The van der Waals surface area contributed by atoms with Crippen molar-refractivity contribution in [2.45, 2.75) is 26.5 Å². The number of hydrogen-bond donors (Lipinski definition) is 2. The minimum Gasteiger partial charge on any atom is -0.489 e. The van der Waals surface area contributed by atoms with Crippen molar-refractivity contribution < 1.29 is 9.84 Å². The molecular weight excluding hydrogens is 261 g/mol. The van der Waals surface area contributed by atoms with Gasteiger partial charge >= 0.3 is 0 Å². The molecule has 1 rings (SSSR count). The molecule has 0 aliphatic heterocycles. The Hall–Kier alpha value is -0.480. The molecule has 96 valence electrons. The lowest BCUT2D eigenvalue weighted by Gasteiger charge is -2.15. The lowest BCUT2D eigenvalue weighted by molar-refractivity contribution is 0.122. The molecule has 0 saturated carbocycles. The van der Waals surface area contributed by atoms with Gasteiger partial charge in [0.15, 0.2) is 0 Å². The minimum absolute atomic E-state index is 0.209. The molecule has 1 atom stereocenters. The standard InChI is InChI=1S/C12H17Cl2NO2/c1-3-15-6-9-4-10(13)5-11(14)12(9)17-7-8(2)16/h4-5,8,15-16H,3,6-7H2,1-2H3. The highest BCUT2D eigenvalue weighted by Gasteiger charge is 2.11. The van der Waals surface area contributed by atoms with Crippen LogP contribution >= 0.6 is 23.2 Å². The van der Waals surface area contributed by atoms with Crippen molar-refractivity contribution in [1.29, 1.82) is 0 Å². The van der Waals surface area contributed by atoms with Crippen LogP contribution < -0.4 is 10.1 Å². The average Bonchev–Trinajstić information content (AvgIpc) is 2.24. The third kappa shape index (κ3) is 4.72. The maximum absolute atomic E-state index is 9.22. The van der Waals surface area contributed by atoms with Crippen LogP contribution in [0, 0.1) is 0 Å². The van der Waals surface area contributed by atoms with Crippen LogP contribution in [0.4, 0.5) is 0 Å². The number of ether oxygens (including phenoxy) is 1. The van der Waals surface area contributed by atoms with Crippen LogP contribution in [0.3, 0.4) is 0 Å². The molecule has 0 aromatic heterocycles. The third-order valence-corrected chi connectivity index (χ3v) is 2.62. The molecule has 0 fully saturated rings. The summed E-state index contributed by atoms with van der Waals surface area (Å²) in [5, 5.41) is 13.4. The number of nitrogens with one attached hydrogen (secondary N) is 1. The molecule has 1 aromatic carbocycles. The van der Waals surface area contributed by atoms with E-state index < -0.39 is 6.10 Å². The monoisotopic (exact) mass is 277 g/mol. The van der Waals surface area contributed by atoms with Crippen LogP contribution in [0.5, 0.6) is 5.75 Å². The van der Waals surface area contributed by atoms with E-state index in [0.717, 1.165) is 12.1 Å². The van der Waals surface area contributed by atoms with Crippen LogP contribution in [0.1, 0.15) is 19.4 Å². The van der Waals surface area contributed by atoms with E-state index in [1.807, 2.05) is 13.0 Å². The number of benzene rings is 1. The molecule has 0 spiro atoms. The van der Waals surface area contributed by atoms with Gasteiger partial charge in [-0.05, 0) is 25.6 Å². The maximum atomic E-state index is 9.22. The number of aliphatic hydroxyl groups excluding tert-OH is 1. The van der Waals surface area contributed by atoms with Gasteiger partial charge < -0.3 is 15.2 Å². The average molecular weight is 278 g/mol. The molecule has 1 aromatic rings. The SMILES string of the molecule is CCNCc1cc(Cl)cc(Cl)c1OCC(C)O. The van der Waals surface area contributed by atoms with Crippen LogP contribution in [-0.2, 0) is 6.54 Å². The van der Waals surface area contributed by atoms with E-state index in [1.165, 1.54) is 0 Å². The molecule has 0 bridgehead atoms. The molecular formula is C12H17Cl2NO2. The fourth-order valence-electron chi connectivity index (χ4n) is 1.37. The first-order chi connectivity index (χ1) is 8.04. The number of rotatable bonds is 6. The second-order valence-electron chi connectivity index (χ2n) is 3.82. The summed E-state index contributed by atoms with van der Waals surface area (Å²) in [6, 6.07) is 3.45. The van der Waals surface area contributed by atoms with Gasteiger partial charge in [0, 0.05) is 17.1 Å². The Bertz CT molecular complexity index is 370. The summed E-state index contributed by atoms with van der Waals surface area (Å²) in [7, 11) is 0. The molecule has 0 aliphatic carbocycles. The number of aliphatic hydroxyl groups is 1. The zero-order valence-corrected chi connectivity index (χ0v) is 11.5. The zero-order chi connectivity index (χ0) is 12.8. The topological polar surface area (TPSA) is 41.5 Å². The fourth-order valence-corrected chi connectivity index (χ4v) is 1.96. The first kappa shape index (κ1) is 14.6. The van der Waals surface area contributed by atoms with Gasteiger partial charge in [-0.3, -0.25) is 0 Å². The third-order valence-electron chi connectivity index (χ3n) is 2.12. The largest absolute Gasteiger partial charge is 0.489 e. The Balaban J connectivity index is 2.90. The van der Waals surface area contributed by atoms with Crippen molar-refractivity contribution in [3.63, 3.8) is 0 Å². The van der Waals surface area contributed by atoms with Gasteiger partial charge in [-0.15, -0.1) is 0 Å². The van der Waals surface area contributed by atoms with Gasteiger partial charge in [0.1, 0.15) is 12.4 Å².